The first kappa shape index (κ1) is 12.1. The van der Waals surface area contributed by atoms with Crippen LogP contribution < -0.4 is 0 Å². The van der Waals surface area contributed by atoms with E-state index >= 15 is 0 Å². The first-order valence-corrected chi connectivity index (χ1v) is 5.70. The van der Waals surface area contributed by atoms with Gasteiger partial charge < -0.3 is 0 Å². The molecule has 17 heavy (non-hydrogen) atoms. The maximum atomic E-state index is 11.7. The van der Waals surface area contributed by atoms with E-state index in [1.54, 1.807) is 24.3 Å². The van der Waals surface area contributed by atoms with E-state index in [2.05, 4.69) is 0 Å². The SMILES string of the molecule is CN1C(=O)C/C(=C\c2cc(Cl)cc(Cl)c2)C1=O. The highest BCUT2D eigenvalue weighted by molar-refractivity contribution is 6.34. The van der Waals surface area contributed by atoms with Gasteiger partial charge in [-0.1, -0.05) is 23.2 Å². The smallest absolute Gasteiger partial charge is 0.256 e. The summed E-state index contributed by atoms with van der Waals surface area (Å²) >= 11 is 11.7. The van der Waals surface area contributed by atoms with Gasteiger partial charge in [-0.25, -0.2) is 0 Å². The topological polar surface area (TPSA) is 37.4 Å². The van der Waals surface area contributed by atoms with E-state index in [4.69, 9.17) is 23.2 Å². The van der Waals surface area contributed by atoms with Crippen molar-refractivity contribution in [3.05, 3.63) is 39.4 Å². The summed E-state index contributed by atoms with van der Waals surface area (Å²) in [4.78, 5) is 24.1. The maximum Gasteiger partial charge on any atom is 0.256 e. The molecular weight excluding hydrogens is 261 g/mol. The van der Waals surface area contributed by atoms with Crippen molar-refractivity contribution < 1.29 is 9.59 Å². The van der Waals surface area contributed by atoms with Gasteiger partial charge in [0, 0.05) is 22.7 Å². The van der Waals surface area contributed by atoms with Gasteiger partial charge in [-0.15, -0.1) is 0 Å². The van der Waals surface area contributed by atoms with Gasteiger partial charge in [0.1, 0.15) is 0 Å². The van der Waals surface area contributed by atoms with Crippen molar-refractivity contribution in [2.45, 2.75) is 6.42 Å². The number of likely N-dealkylation sites (tertiary alicyclic amines) is 1. The molecule has 2 amide bonds. The monoisotopic (exact) mass is 269 g/mol. The Hall–Kier alpha value is -1.32. The molecule has 1 aromatic rings. The van der Waals surface area contributed by atoms with Gasteiger partial charge >= 0.3 is 0 Å². The molecule has 5 heteroatoms. The van der Waals surface area contributed by atoms with Gasteiger partial charge in [0.25, 0.3) is 5.91 Å². The quantitative estimate of drug-likeness (QED) is 0.581. The van der Waals surface area contributed by atoms with Crippen LogP contribution in [0.5, 0.6) is 0 Å². The number of halogens is 2. The number of hydrogen-bond donors (Lipinski definition) is 0. The van der Waals surface area contributed by atoms with Gasteiger partial charge in [0.15, 0.2) is 0 Å². The number of benzene rings is 1. The fourth-order valence-electron chi connectivity index (χ4n) is 1.66. The molecule has 0 unspecified atom stereocenters. The minimum Gasteiger partial charge on any atom is -0.282 e. The number of imide groups is 1. The molecule has 1 aliphatic heterocycles. The molecule has 0 bridgehead atoms. The Labute approximate surface area is 109 Å². The minimum atomic E-state index is -0.272. The van der Waals surface area contributed by atoms with Crippen LogP contribution in [0.4, 0.5) is 0 Å². The van der Waals surface area contributed by atoms with Gasteiger partial charge in [0.2, 0.25) is 5.91 Å². The first-order valence-electron chi connectivity index (χ1n) is 4.95. The van der Waals surface area contributed by atoms with Crippen LogP contribution in [0, 0.1) is 0 Å². The fourth-order valence-corrected chi connectivity index (χ4v) is 2.20. The van der Waals surface area contributed by atoms with Crippen LogP contribution in [0.25, 0.3) is 6.08 Å². The molecule has 0 saturated carbocycles. The lowest BCUT2D eigenvalue weighted by molar-refractivity contribution is -0.135. The van der Waals surface area contributed by atoms with Crippen LogP contribution >= 0.6 is 23.2 Å². The summed E-state index contributed by atoms with van der Waals surface area (Å²) in [5.74, 6) is -0.472. The number of carbonyl (C=O) groups excluding carboxylic acids is 2. The molecule has 88 valence electrons. The third kappa shape index (κ3) is 2.51. The molecule has 0 radical (unpaired) electrons. The normalized spacial score (nSPS) is 18.3. The van der Waals surface area contributed by atoms with Crippen LogP contribution in [-0.4, -0.2) is 23.8 Å². The molecule has 0 aliphatic carbocycles. The Balaban J connectivity index is 2.37. The lowest BCUT2D eigenvalue weighted by Gasteiger charge is -2.03. The molecule has 3 nitrogen and oxygen atoms in total. The first-order chi connectivity index (χ1) is 7.97. The molecule has 0 atom stereocenters. The molecule has 1 aromatic carbocycles. The van der Waals surface area contributed by atoms with Crippen molar-refractivity contribution in [1.29, 1.82) is 0 Å². The lowest BCUT2D eigenvalue weighted by atomic mass is 10.1. The van der Waals surface area contributed by atoms with E-state index in [-0.39, 0.29) is 18.2 Å². The summed E-state index contributed by atoms with van der Waals surface area (Å²) in [7, 11) is 1.47. The van der Waals surface area contributed by atoms with Crippen molar-refractivity contribution in [2.24, 2.45) is 0 Å². The molecule has 1 fully saturated rings. The molecular formula is C12H9Cl2NO2. The van der Waals surface area contributed by atoms with Crippen LogP contribution in [0.2, 0.25) is 10.0 Å². The average molecular weight is 270 g/mol. The minimum absolute atomic E-state index is 0.124. The molecule has 1 saturated heterocycles. The molecule has 2 rings (SSSR count). The summed E-state index contributed by atoms with van der Waals surface area (Å²) in [6.45, 7) is 0. The van der Waals surface area contributed by atoms with Crippen molar-refractivity contribution >= 4 is 41.1 Å². The van der Waals surface area contributed by atoms with Crippen molar-refractivity contribution in [3.63, 3.8) is 0 Å². The molecule has 0 spiro atoms. The number of amides is 2. The summed E-state index contributed by atoms with van der Waals surface area (Å²) in [5, 5.41) is 0.990. The van der Waals surface area contributed by atoms with E-state index in [1.807, 2.05) is 0 Å². The number of hydrogen-bond acceptors (Lipinski definition) is 2. The Morgan fingerprint density at radius 2 is 1.76 bits per heavy atom. The molecule has 0 N–H and O–H groups in total. The van der Waals surface area contributed by atoms with Crippen molar-refractivity contribution in [3.8, 4) is 0 Å². The van der Waals surface area contributed by atoms with Crippen LogP contribution in [0.1, 0.15) is 12.0 Å². The van der Waals surface area contributed by atoms with Crippen LogP contribution in [-0.2, 0) is 9.59 Å². The Bertz CT molecular complexity index is 517. The highest BCUT2D eigenvalue weighted by atomic mass is 35.5. The molecule has 1 aliphatic rings. The number of carbonyl (C=O) groups is 2. The largest absolute Gasteiger partial charge is 0.282 e. The molecule has 0 aromatic heterocycles. The third-order valence-corrected chi connectivity index (χ3v) is 2.96. The fraction of sp³-hybridized carbons (Fsp3) is 0.167. The molecule has 1 heterocycles. The summed E-state index contributed by atoms with van der Waals surface area (Å²) in [6, 6.07) is 4.99. The van der Waals surface area contributed by atoms with Crippen LogP contribution in [0.3, 0.4) is 0 Å². The number of likely N-dealkylation sites (N-methyl/N-ethyl adjacent to an activating group) is 1. The zero-order chi connectivity index (χ0) is 12.6. The van der Waals surface area contributed by atoms with Crippen LogP contribution in [0.15, 0.2) is 23.8 Å². The predicted molar refractivity (Wildman–Crippen MR) is 66.8 cm³/mol. The average Bonchev–Trinajstić information content (AvgIpc) is 2.45. The van der Waals surface area contributed by atoms with E-state index in [0.29, 0.717) is 21.2 Å². The number of rotatable bonds is 1. The van der Waals surface area contributed by atoms with Gasteiger partial charge in [-0.05, 0) is 29.8 Å². The zero-order valence-corrected chi connectivity index (χ0v) is 10.5. The Morgan fingerprint density at radius 1 is 1.18 bits per heavy atom. The van der Waals surface area contributed by atoms with E-state index in [1.165, 1.54) is 7.05 Å². The highest BCUT2D eigenvalue weighted by Gasteiger charge is 2.30. The highest BCUT2D eigenvalue weighted by Crippen LogP contribution is 2.24. The summed E-state index contributed by atoms with van der Waals surface area (Å²) in [5.41, 5.74) is 1.17. The van der Waals surface area contributed by atoms with E-state index < -0.39 is 0 Å². The van der Waals surface area contributed by atoms with Gasteiger partial charge in [-0.3, -0.25) is 14.5 Å². The maximum absolute atomic E-state index is 11.7. The second-order valence-corrected chi connectivity index (χ2v) is 4.68. The second-order valence-electron chi connectivity index (χ2n) is 3.81. The number of nitrogens with zero attached hydrogens (tertiary/aromatic N) is 1. The summed E-state index contributed by atoms with van der Waals surface area (Å²) < 4.78 is 0. The predicted octanol–water partition coefficient (Wildman–Crippen LogP) is 2.77. The Kier molecular flexibility index (Phi) is 3.22. The van der Waals surface area contributed by atoms with Gasteiger partial charge in [0.05, 0.1) is 6.42 Å². The summed E-state index contributed by atoms with van der Waals surface area (Å²) in [6.07, 6.45) is 1.76. The second kappa shape index (κ2) is 4.51. The van der Waals surface area contributed by atoms with E-state index in [9.17, 15) is 9.59 Å². The Morgan fingerprint density at radius 3 is 2.24 bits per heavy atom. The van der Waals surface area contributed by atoms with Crippen molar-refractivity contribution in [1.82, 2.24) is 4.90 Å². The standard InChI is InChI=1S/C12H9Cl2NO2/c1-15-11(16)5-8(12(15)17)2-7-3-9(13)6-10(14)4-7/h2-4,6H,5H2,1H3/b8-2+. The third-order valence-electron chi connectivity index (χ3n) is 2.52. The zero-order valence-electron chi connectivity index (χ0n) is 9.04. The van der Waals surface area contributed by atoms with Gasteiger partial charge in [-0.2, -0.15) is 0 Å². The lowest BCUT2D eigenvalue weighted by Crippen LogP contribution is -2.23. The van der Waals surface area contributed by atoms with Crippen molar-refractivity contribution in [2.75, 3.05) is 7.05 Å². The van der Waals surface area contributed by atoms with E-state index in [0.717, 1.165) is 4.90 Å².